The molecule has 0 fully saturated rings. The second kappa shape index (κ2) is 4.70. The normalized spacial score (nSPS) is 15.0. The maximum absolute atomic E-state index is 9.07. The highest BCUT2D eigenvalue weighted by Crippen LogP contribution is 2.09. The van der Waals surface area contributed by atoms with Crippen LogP contribution >= 0.6 is 0 Å². The lowest BCUT2D eigenvalue weighted by molar-refractivity contribution is 0.174. The fourth-order valence-corrected chi connectivity index (χ4v) is 0.697. The van der Waals surface area contributed by atoms with E-state index in [2.05, 4.69) is 26.1 Å². The van der Waals surface area contributed by atoms with Gasteiger partial charge in [-0.2, -0.15) is 0 Å². The molecule has 0 saturated carbocycles. The van der Waals surface area contributed by atoms with Gasteiger partial charge >= 0.3 is 0 Å². The van der Waals surface area contributed by atoms with E-state index in [1.54, 1.807) is 0 Å². The Morgan fingerprint density at radius 1 is 1.45 bits per heavy atom. The summed E-state index contributed by atoms with van der Waals surface area (Å²) < 4.78 is 0. The van der Waals surface area contributed by atoms with Gasteiger partial charge in [0.1, 0.15) is 0 Å². The van der Waals surface area contributed by atoms with Gasteiger partial charge in [-0.3, -0.25) is 0 Å². The van der Waals surface area contributed by atoms with Crippen LogP contribution in [-0.2, 0) is 0 Å². The van der Waals surface area contributed by atoms with Crippen molar-refractivity contribution in [3.8, 4) is 0 Å². The van der Waals surface area contributed by atoms with Gasteiger partial charge in [-0.05, 0) is 5.41 Å². The first-order valence-corrected chi connectivity index (χ1v) is 4.04. The summed E-state index contributed by atoms with van der Waals surface area (Å²) in [7, 11) is 0. The van der Waals surface area contributed by atoms with Gasteiger partial charge in [0.05, 0.1) is 6.10 Å². The van der Waals surface area contributed by atoms with Crippen LogP contribution in [0.25, 0.3) is 0 Å². The molecule has 0 amide bonds. The third-order valence-corrected chi connectivity index (χ3v) is 1.31. The van der Waals surface area contributed by atoms with E-state index in [1.807, 2.05) is 0 Å². The van der Waals surface area contributed by atoms with Gasteiger partial charge in [-0.1, -0.05) is 20.8 Å². The molecule has 0 bridgehead atoms. The van der Waals surface area contributed by atoms with E-state index in [1.165, 1.54) is 0 Å². The molecular weight excluding hydrogens is 140 g/mol. The maximum atomic E-state index is 9.07. The molecule has 0 aliphatic rings. The summed E-state index contributed by atoms with van der Waals surface area (Å²) in [5.74, 6) is 0. The van der Waals surface area contributed by atoms with Gasteiger partial charge in [0.15, 0.2) is 0 Å². The quantitative estimate of drug-likeness (QED) is 0.540. The topological polar surface area (TPSA) is 58.3 Å². The number of hydrogen-bond donors (Lipinski definition) is 3. The van der Waals surface area contributed by atoms with Crippen molar-refractivity contribution in [2.24, 2.45) is 11.1 Å². The minimum absolute atomic E-state index is 0.272. The van der Waals surface area contributed by atoms with E-state index >= 15 is 0 Å². The molecule has 3 heteroatoms. The van der Waals surface area contributed by atoms with Crippen LogP contribution in [-0.4, -0.2) is 30.8 Å². The monoisotopic (exact) mass is 160 g/mol. The molecule has 0 aromatic carbocycles. The minimum Gasteiger partial charge on any atom is -0.390 e. The first kappa shape index (κ1) is 10.9. The van der Waals surface area contributed by atoms with Crippen molar-refractivity contribution in [1.82, 2.24) is 5.32 Å². The molecule has 0 aliphatic heterocycles. The second-order valence-corrected chi connectivity index (χ2v) is 4.08. The van der Waals surface area contributed by atoms with Crippen LogP contribution < -0.4 is 11.1 Å². The number of rotatable bonds is 4. The fourth-order valence-electron chi connectivity index (χ4n) is 0.697. The molecule has 0 spiro atoms. The lowest BCUT2D eigenvalue weighted by Gasteiger charge is -2.19. The Hall–Kier alpha value is -0.120. The highest BCUT2D eigenvalue weighted by Gasteiger charge is 2.09. The fraction of sp³-hybridized carbons (Fsp3) is 1.00. The van der Waals surface area contributed by atoms with Crippen molar-refractivity contribution >= 4 is 0 Å². The van der Waals surface area contributed by atoms with Crippen LogP contribution in [0.3, 0.4) is 0 Å². The van der Waals surface area contributed by atoms with Crippen molar-refractivity contribution in [2.75, 3.05) is 19.6 Å². The molecule has 0 aliphatic carbocycles. The van der Waals surface area contributed by atoms with E-state index in [9.17, 15) is 0 Å². The summed E-state index contributed by atoms with van der Waals surface area (Å²) >= 11 is 0. The Morgan fingerprint density at radius 2 is 2.00 bits per heavy atom. The summed E-state index contributed by atoms with van der Waals surface area (Å²) in [5.41, 5.74) is 5.50. The number of aliphatic hydroxyl groups is 1. The highest BCUT2D eigenvalue weighted by atomic mass is 16.3. The largest absolute Gasteiger partial charge is 0.390 e. The molecule has 1 unspecified atom stereocenters. The predicted octanol–water partition coefficient (Wildman–Crippen LogP) is -0.0583. The van der Waals surface area contributed by atoms with Crippen LogP contribution in [0.1, 0.15) is 20.8 Å². The highest BCUT2D eigenvalue weighted by molar-refractivity contribution is 4.67. The van der Waals surface area contributed by atoms with Crippen LogP contribution in [0, 0.1) is 5.41 Å². The van der Waals surface area contributed by atoms with Crippen molar-refractivity contribution in [3.63, 3.8) is 0 Å². The average Bonchev–Trinajstić information content (AvgIpc) is 1.85. The average molecular weight is 160 g/mol. The standard InChI is InChI=1S/C8H20N2O/c1-8(2,3)6-10-5-7(11)4-9/h7,10-11H,4-6,9H2,1-3H3. The maximum Gasteiger partial charge on any atom is 0.0786 e. The molecule has 1 atom stereocenters. The molecule has 68 valence electrons. The smallest absolute Gasteiger partial charge is 0.0786 e. The van der Waals surface area contributed by atoms with E-state index < -0.39 is 6.10 Å². The van der Waals surface area contributed by atoms with Gasteiger partial charge in [-0.25, -0.2) is 0 Å². The Morgan fingerprint density at radius 3 is 2.36 bits per heavy atom. The summed E-state index contributed by atoms with van der Waals surface area (Å²) in [6.07, 6.45) is -0.405. The second-order valence-electron chi connectivity index (χ2n) is 4.08. The predicted molar refractivity (Wildman–Crippen MR) is 47.4 cm³/mol. The molecule has 0 rings (SSSR count). The summed E-state index contributed by atoms with van der Waals surface area (Å²) in [6.45, 7) is 8.27. The molecule has 0 saturated heterocycles. The summed E-state index contributed by atoms with van der Waals surface area (Å²) in [6, 6.07) is 0. The van der Waals surface area contributed by atoms with Crippen molar-refractivity contribution in [2.45, 2.75) is 26.9 Å². The van der Waals surface area contributed by atoms with Crippen LogP contribution in [0.5, 0.6) is 0 Å². The van der Waals surface area contributed by atoms with Crippen molar-refractivity contribution < 1.29 is 5.11 Å². The lowest BCUT2D eigenvalue weighted by atomic mass is 9.97. The van der Waals surface area contributed by atoms with Crippen LogP contribution in [0.4, 0.5) is 0 Å². The summed E-state index contributed by atoms with van der Waals surface area (Å²) in [5, 5.41) is 12.2. The third kappa shape index (κ3) is 7.78. The van der Waals surface area contributed by atoms with Crippen molar-refractivity contribution in [3.05, 3.63) is 0 Å². The Labute approximate surface area is 69.0 Å². The van der Waals surface area contributed by atoms with Crippen LogP contribution in [0.15, 0.2) is 0 Å². The number of hydrogen-bond acceptors (Lipinski definition) is 3. The van der Waals surface area contributed by atoms with Gasteiger partial charge < -0.3 is 16.2 Å². The lowest BCUT2D eigenvalue weighted by Crippen LogP contribution is -2.36. The Bertz CT molecular complexity index is 98.8. The molecule has 11 heavy (non-hydrogen) atoms. The molecule has 4 N–H and O–H groups in total. The van der Waals surface area contributed by atoms with Gasteiger partial charge in [0, 0.05) is 19.6 Å². The number of nitrogens with two attached hydrogens (primary N) is 1. The first-order chi connectivity index (χ1) is 4.95. The summed E-state index contributed by atoms with van der Waals surface area (Å²) in [4.78, 5) is 0. The molecule has 0 aromatic heterocycles. The number of aliphatic hydroxyl groups excluding tert-OH is 1. The third-order valence-electron chi connectivity index (χ3n) is 1.31. The molecule has 3 nitrogen and oxygen atoms in total. The van der Waals surface area contributed by atoms with Gasteiger partial charge in [0.25, 0.3) is 0 Å². The molecular formula is C8H20N2O. The van der Waals surface area contributed by atoms with E-state index in [4.69, 9.17) is 10.8 Å². The van der Waals surface area contributed by atoms with E-state index in [0.29, 0.717) is 13.1 Å². The number of nitrogens with one attached hydrogen (secondary N) is 1. The van der Waals surface area contributed by atoms with E-state index in [0.717, 1.165) is 6.54 Å². The van der Waals surface area contributed by atoms with E-state index in [-0.39, 0.29) is 5.41 Å². The van der Waals surface area contributed by atoms with Crippen LogP contribution in [0.2, 0.25) is 0 Å². The Kier molecular flexibility index (Phi) is 4.65. The Balaban J connectivity index is 3.28. The zero-order valence-electron chi connectivity index (χ0n) is 7.72. The zero-order chi connectivity index (χ0) is 8.91. The van der Waals surface area contributed by atoms with Crippen molar-refractivity contribution in [1.29, 1.82) is 0 Å². The zero-order valence-corrected chi connectivity index (χ0v) is 7.72. The molecule has 0 heterocycles. The minimum atomic E-state index is -0.405. The SMILES string of the molecule is CC(C)(C)CNCC(O)CN. The molecule has 0 aromatic rings. The molecule has 0 radical (unpaired) electrons. The van der Waals surface area contributed by atoms with Gasteiger partial charge in [-0.15, -0.1) is 0 Å². The first-order valence-electron chi connectivity index (χ1n) is 4.04. The van der Waals surface area contributed by atoms with Gasteiger partial charge in [0.2, 0.25) is 0 Å².